The van der Waals surface area contributed by atoms with Gasteiger partial charge in [0.25, 0.3) is 0 Å². The monoisotopic (exact) mass is 316 g/mol. The number of carbonyl (C=O) groups excluding carboxylic acids is 2. The Morgan fingerprint density at radius 2 is 1.83 bits per heavy atom. The first-order chi connectivity index (χ1) is 11.0. The van der Waals surface area contributed by atoms with Crippen LogP contribution < -0.4 is 5.32 Å². The number of nitrogens with zero attached hydrogens (tertiary/aromatic N) is 1. The maximum Gasteiger partial charge on any atom is 0.308 e. The van der Waals surface area contributed by atoms with Gasteiger partial charge < -0.3 is 15.3 Å². The molecule has 2 N–H and O–H groups in total. The third kappa shape index (κ3) is 2.58. The first kappa shape index (κ1) is 15.5. The van der Waals surface area contributed by atoms with E-state index in [-0.39, 0.29) is 24.3 Å². The second-order valence-corrected chi connectivity index (χ2v) is 6.33. The summed E-state index contributed by atoms with van der Waals surface area (Å²) < 4.78 is 0. The van der Waals surface area contributed by atoms with Crippen LogP contribution in [0.25, 0.3) is 0 Å². The molecule has 0 spiro atoms. The van der Waals surface area contributed by atoms with E-state index < -0.39 is 17.3 Å². The summed E-state index contributed by atoms with van der Waals surface area (Å²) in [5, 5.41) is 12.0. The van der Waals surface area contributed by atoms with Crippen molar-refractivity contribution in [3.8, 4) is 0 Å². The zero-order valence-corrected chi connectivity index (χ0v) is 13.0. The van der Waals surface area contributed by atoms with E-state index in [1.807, 2.05) is 30.3 Å². The highest BCUT2D eigenvalue weighted by atomic mass is 16.4. The van der Waals surface area contributed by atoms with Crippen molar-refractivity contribution in [2.24, 2.45) is 11.3 Å². The summed E-state index contributed by atoms with van der Waals surface area (Å²) in [6.45, 7) is 0.505. The van der Waals surface area contributed by atoms with Crippen LogP contribution in [0, 0.1) is 11.3 Å². The van der Waals surface area contributed by atoms with Crippen molar-refractivity contribution in [3.63, 3.8) is 0 Å². The molecule has 122 valence electrons. The Morgan fingerprint density at radius 3 is 2.35 bits per heavy atom. The molecule has 0 aromatic heterocycles. The normalized spacial score (nSPS) is 25.0. The number of benzene rings is 1. The van der Waals surface area contributed by atoms with Crippen LogP contribution in [-0.2, 0) is 14.4 Å². The Labute approximate surface area is 134 Å². The molecule has 2 fully saturated rings. The minimum absolute atomic E-state index is 0.159. The molecule has 1 saturated carbocycles. The Kier molecular flexibility index (Phi) is 3.83. The highest BCUT2D eigenvalue weighted by Gasteiger charge is 2.59. The third-order valence-electron chi connectivity index (χ3n) is 4.97. The van der Waals surface area contributed by atoms with Gasteiger partial charge in [0.1, 0.15) is 5.41 Å². The number of hydrogen-bond donors (Lipinski definition) is 2. The zero-order chi connectivity index (χ0) is 16.6. The molecule has 2 unspecified atom stereocenters. The number of aliphatic carboxylic acids is 1. The lowest BCUT2D eigenvalue weighted by Crippen LogP contribution is -2.43. The molecule has 1 heterocycles. The summed E-state index contributed by atoms with van der Waals surface area (Å²) in [5.41, 5.74) is -0.0522. The van der Waals surface area contributed by atoms with Gasteiger partial charge in [0.2, 0.25) is 11.8 Å². The van der Waals surface area contributed by atoms with Crippen molar-refractivity contribution < 1.29 is 19.5 Å². The second kappa shape index (κ2) is 5.68. The highest BCUT2D eigenvalue weighted by Crippen LogP contribution is 2.49. The number of hydrogen-bond acceptors (Lipinski definition) is 3. The average Bonchev–Trinajstić information content (AvgIpc) is 3.25. The fraction of sp³-hybridized carbons (Fsp3) is 0.471. The van der Waals surface area contributed by atoms with Crippen LogP contribution in [0.3, 0.4) is 0 Å². The second-order valence-electron chi connectivity index (χ2n) is 6.33. The van der Waals surface area contributed by atoms with Crippen molar-refractivity contribution in [1.29, 1.82) is 0 Å². The van der Waals surface area contributed by atoms with Gasteiger partial charge in [-0.15, -0.1) is 0 Å². The summed E-state index contributed by atoms with van der Waals surface area (Å²) in [4.78, 5) is 37.9. The molecule has 1 aliphatic carbocycles. The topological polar surface area (TPSA) is 86.7 Å². The molecular formula is C17H20N2O4. The van der Waals surface area contributed by atoms with Crippen molar-refractivity contribution in [2.75, 3.05) is 20.1 Å². The molecule has 6 nitrogen and oxygen atoms in total. The number of likely N-dealkylation sites (tertiary alicyclic amines) is 1. The third-order valence-corrected chi connectivity index (χ3v) is 4.97. The first-order valence-electron chi connectivity index (χ1n) is 7.79. The van der Waals surface area contributed by atoms with Gasteiger partial charge in [0.05, 0.1) is 5.92 Å². The average molecular weight is 316 g/mol. The van der Waals surface area contributed by atoms with Gasteiger partial charge in [-0.3, -0.25) is 14.4 Å². The van der Waals surface area contributed by atoms with Crippen LogP contribution in [0.1, 0.15) is 24.3 Å². The van der Waals surface area contributed by atoms with Gasteiger partial charge >= 0.3 is 5.97 Å². The minimum Gasteiger partial charge on any atom is -0.481 e. The minimum atomic E-state index is -0.969. The van der Waals surface area contributed by atoms with Crippen molar-refractivity contribution in [2.45, 2.75) is 18.8 Å². The van der Waals surface area contributed by atoms with E-state index in [1.54, 1.807) is 4.90 Å². The molecule has 2 aliphatic rings. The van der Waals surface area contributed by atoms with Crippen LogP contribution in [0.4, 0.5) is 0 Å². The summed E-state index contributed by atoms with van der Waals surface area (Å²) in [6, 6.07) is 9.39. The molecular weight excluding hydrogens is 296 g/mol. The van der Waals surface area contributed by atoms with Crippen molar-refractivity contribution in [1.82, 2.24) is 10.2 Å². The van der Waals surface area contributed by atoms with Crippen LogP contribution in [-0.4, -0.2) is 47.9 Å². The van der Waals surface area contributed by atoms with E-state index >= 15 is 0 Å². The molecule has 1 aromatic rings. The molecule has 0 bridgehead atoms. The van der Waals surface area contributed by atoms with E-state index in [0.717, 1.165) is 5.56 Å². The molecule has 1 aromatic carbocycles. The van der Waals surface area contributed by atoms with Crippen LogP contribution in [0.2, 0.25) is 0 Å². The molecule has 2 atom stereocenters. The van der Waals surface area contributed by atoms with E-state index in [4.69, 9.17) is 0 Å². The van der Waals surface area contributed by atoms with Crippen molar-refractivity contribution in [3.05, 3.63) is 35.9 Å². The van der Waals surface area contributed by atoms with E-state index in [2.05, 4.69) is 5.32 Å². The standard InChI is InChI=1S/C17H20N2O4/c1-18-15(22)17(7-8-17)16(23)19-9-12(13(10-19)14(20)21)11-5-3-2-4-6-11/h2-6,12-13H,7-10H2,1H3,(H,18,22)(H,20,21). The van der Waals surface area contributed by atoms with Crippen LogP contribution in [0.5, 0.6) is 0 Å². The lowest BCUT2D eigenvalue weighted by atomic mass is 9.89. The number of rotatable bonds is 4. The lowest BCUT2D eigenvalue weighted by Gasteiger charge is -2.22. The lowest BCUT2D eigenvalue weighted by molar-refractivity contribution is -0.144. The molecule has 23 heavy (non-hydrogen) atoms. The Hall–Kier alpha value is -2.37. The number of amides is 2. The zero-order valence-electron chi connectivity index (χ0n) is 13.0. The van der Waals surface area contributed by atoms with Gasteiger partial charge in [-0.1, -0.05) is 30.3 Å². The van der Waals surface area contributed by atoms with E-state index in [9.17, 15) is 19.5 Å². The van der Waals surface area contributed by atoms with Crippen molar-refractivity contribution >= 4 is 17.8 Å². The highest BCUT2D eigenvalue weighted by molar-refractivity contribution is 6.08. The number of carbonyl (C=O) groups is 3. The first-order valence-corrected chi connectivity index (χ1v) is 7.79. The van der Waals surface area contributed by atoms with Gasteiger partial charge in [-0.05, 0) is 18.4 Å². The van der Waals surface area contributed by atoms with E-state index in [0.29, 0.717) is 19.4 Å². The van der Waals surface area contributed by atoms with Gasteiger partial charge in [0, 0.05) is 26.1 Å². The summed E-state index contributed by atoms with van der Waals surface area (Å²) >= 11 is 0. The maximum absolute atomic E-state index is 12.7. The number of carboxylic acids is 1. The largest absolute Gasteiger partial charge is 0.481 e. The smallest absolute Gasteiger partial charge is 0.308 e. The molecule has 3 rings (SSSR count). The summed E-state index contributed by atoms with van der Waals surface area (Å²) in [5.74, 6) is -2.28. The molecule has 6 heteroatoms. The predicted molar refractivity (Wildman–Crippen MR) is 82.6 cm³/mol. The molecule has 1 aliphatic heterocycles. The fourth-order valence-corrected chi connectivity index (χ4v) is 3.46. The van der Waals surface area contributed by atoms with Crippen LogP contribution in [0.15, 0.2) is 30.3 Å². The molecule has 0 radical (unpaired) electrons. The van der Waals surface area contributed by atoms with Gasteiger partial charge in [-0.2, -0.15) is 0 Å². The Bertz CT molecular complexity index is 639. The van der Waals surface area contributed by atoms with Gasteiger partial charge in [0.15, 0.2) is 0 Å². The Morgan fingerprint density at radius 1 is 1.17 bits per heavy atom. The number of nitrogens with one attached hydrogen (secondary N) is 1. The van der Waals surface area contributed by atoms with Crippen LogP contribution >= 0.6 is 0 Å². The fourth-order valence-electron chi connectivity index (χ4n) is 3.46. The SMILES string of the molecule is CNC(=O)C1(C(=O)N2CC(C(=O)O)C(c3ccccc3)C2)CC1. The quantitative estimate of drug-likeness (QED) is 0.806. The molecule has 1 saturated heterocycles. The predicted octanol–water partition coefficient (Wildman–Crippen LogP) is 0.839. The Balaban J connectivity index is 1.82. The molecule has 2 amide bonds. The maximum atomic E-state index is 12.7. The summed E-state index contributed by atoms with van der Waals surface area (Å²) in [6.07, 6.45) is 1.07. The van der Waals surface area contributed by atoms with Gasteiger partial charge in [-0.25, -0.2) is 0 Å². The number of carboxylic acid groups (broad SMARTS) is 1. The van der Waals surface area contributed by atoms with E-state index in [1.165, 1.54) is 7.05 Å². The summed E-state index contributed by atoms with van der Waals surface area (Å²) in [7, 11) is 1.52.